The third-order valence-electron chi connectivity index (χ3n) is 5.55. The molecule has 3 heteroatoms. The fourth-order valence-corrected chi connectivity index (χ4v) is 4.32. The summed E-state index contributed by atoms with van der Waals surface area (Å²) < 4.78 is 20.5. The van der Waals surface area contributed by atoms with Crippen molar-refractivity contribution in [3.05, 3.63) is 29.6 Å². The molecule has 0 radical (unpaired) electrons. The molecule has 1 aromatic rings. The van der Waals surface area contributed by atoms with E-state index in [1.165, 1.54) is 70.3 Å². The number of hydrogen-bond acceptors (Lipinski definition) is 2. The second-order valence-corrected chi connectivity index (χ2v) is 7.14. The molecule has 1 aromatic carbocycles. The third-order valence-corrected chi connectivity index (χ3v) is 5.55. The van der Waals surface area contributed by atoms with Crippen LogP contribution in [0.25, 0.3) is 0 Å². The van der Waals surface area contributed by atoms with Crippen molar-refractivity contribution in [3.8, 4) is 11.8 Å². The highest BCUT2D eigenvalue weighted by atomic mass is 19.1. The maximum Gasteiger partial charge on any atom is 0.166 e. The van der Waals surface area contributed by atoms with E-state index in [2.05, 4.69) is 0 Å². The molecule has 0 aromatic heterocycles. The Hall–Kier alpha value is -1.56. The summed E-state index contributed by atoms with van der Waals surface area (Å²) in [6, 6.07) is 6.55. The Morgan fingerprint density at radius 2 is 1.52 bits per heavy atom. The van der Waals surface area contributed by atoms with E-state index in [4.69, 9.17) is 10.00 Å². The highest BCUT2D eigenvalue weighted by molar-refractivity contribution is 5.36. The Kier molecular flexibility index (Phi) is 5.54. The SMILES string of the molecule is N#Cc1ccc(OC(C2CCCCC2)C2CCCCC2)c(F)c1. The van der Waals surface area contributed by atoms with Crippen molar-refractivity contribution in [2.45, 2.75) is 70.3 Å². The summed E-state index contributed by atoms with van der Waals surface area (Å²) in [6.07, 6.45) is 12.7. The molecule has 0 saturated heterocycles. The molecule has 0 unspecified atom stereocenters. The van der Waals surface area contributed by atoms with Crippen molar-refractivity contribution in [3.63, 3.8) is 0 Å². The van der Waals surface area contributed by atoms with Gasteiger partial charge in [0, 0.05) is 0 Å². The lowest BCUT2D eigenvalue weighted by Crippen LogP contribution is -2.37. The van der Waals surface area contributed by atoms with Crippen LogP contribution in [0.1, 0.15) is 69.8 Å². The first kappa shape index (κ1) is 16.3. The molecule has 3 rings (SSSR count). The molecular formula is C20H26FNO. The van der Waals surface area contributed by atoms with Crippen molar-refractivity contribution in [2.75, 3.05) is 0 Å². The summed E-state index contributed by atoms with van der Waals surface area (Å²) in [5, 5.41) is 8.89. The Bertz CT molecular complexity index is 535. The molecule has 2 nitrogen and oxygen atoms in total. The Morgan fingerprint density at radius 3 is 2.00 bits per heavy atom. The molecule has 0 bridgehead atoms. The van der Waals surface area contributed by atoms with Crippen LogP contribution in [0.4, 0.5) is 4.39 Å². The Balaban J connectivity index is 1.78. The standard InChI is InChI=1S/C20H26FNO/c21-18-13-15(14-22)11-12-19(18)23-20(16-7-3-1-4-8-16)17-9-5-2-6-10-17/h11-13,16-17,20H,1-10H2. The average Bonchev–Trinajstić information content (AvgIpc) is 2.62. The van der Waals surface area contributed by atoms with Crippen LogP contribution in [-0.4, -0.2) is 6.10 Å². The number of nitriles is 1. The van der Waals surface area contributed by atoms with Crippen LogP contribution < -0.4 is 4.74 Å². The number of hydrogen-bond donors (Lipinski definition) is 0. The van der Waals surface area contributed by atoms with Crippen molar-refractivity contribution in [1.29, 1.82) is 5.26 Å². The normalized spacial score (nSPS) is 20.4. The zero-order valence-electron chi connectivity index (χ0n) is 13.8. The summed E-state index contributed by atoms with van der Waals surface area (Å²) >= 11 is 0. The fraction of sp³-hybridized carbons (Fsp3) is 0.650. The van der Waals surface area contributed by atoms with Gasteiger partial charge in [-0.3, -0.25) is 0 Å². The number of rotatable bonds is 4. The minimum atomic E-state index is -0.402. The van der Waals surface area contributed by atoms with E-state index in [0.717, 1.165) is 0 Å². The lowest BCUT2D eigenvalue weighted by atomic mass is 9.75. The van der Waals surface area contributed by atoms with Gasteiger partial charge in [0.05, 0.1) is 11.6 Å². The number of benzene rings is 1. The monoisotopic (exact) mass is 315 g/mol. The van der Waals surface area contributed by atoms with Gasteiger partial charge in [-0.2, -0.15) is 5.26 Å². The summed E-state index contributed by atoms with van der Waals surface area (Å²) in [4.78, 5) is 0. The summed E-state index contributed by atoms with van der Waals surface area (Å²) in [5.41, 5.74) is 0.349. The maximum absolute atomic E-state index is 14.3. The van der Waals surface area contributed by atoms with Gasteiger partial charge in [0.1, 0.15) is 6.10 Å². The van der Waals surface area contributed by atoms with Crippen molar-refractivity contribution in [1.82, 2.24) is 0 Å². The maximum atomic E-state index is 14.3. The molecule has 0 N–H and O–H groups in total. The van der Waals surface area contributed by atoms with Crippen molar-refractivity contribution < 1.29 is 9.13 Å². The van der Waals surface area contributed by atoms with E-state index >= 15 is 0 Å². The highest BCUT2D eigenvalue weighted by Gasteiger charge is 2.33. The van der Waals surface area contributed by atoms with E-state index in [1.807, 2.05) is 6.07 Å². The van der Waals surface area contributed by atoms with Crippen molar-refractivity contribution >= 4 is 0 Å². The molecule has 2 aliphatic carbocycles. The molecule has 2 aliphatic rings. The Labute approximate surface area is 138 Å². The second kappa shape index (κ2) is 7.81. The van der Waals surface area contributed by atoms with Crippen LogP contribution in [0.2, 0.25) is 0 Å². The van der Waals surface area contributed by atoms with Gasteiger partial charge in [0.2, 0.25) is 0 Å². The van der Waals surface area contributed by atoms with Gasteiger partial charge in [-0.05, 0) is 55.7 Å². The average molecular weight is 315 g/mol. The zero-order chi connectivity index (χ0) is 16.1. The lowest BCUT2D eigenvalue weighted by Gasteiger charge is -2.37. The van der Waals surface area contributed by atoms with Gasteiger partial charge in [-0.1, -0.05) is 38.5 Å². The van der Waals surface area contributed by atoms with Gasteiger partial charge in [-0.15, -0.1) is 0 Å². The summed E-state index contributed by atoms with van der Waals surface area (Å²) in [7, 11) is 0. The molecular weight excluding hydrogens is 289 g/mol. The Morgan fingerprint density at radius 1 is 0.957 bits per heavy atom. The molecule has 0 spiro atoms. The topological polar surface area (TPSA) is 33.0 Å². The molecule has 124 valence electrons. The van der Waals surface area contributed by atoms with Gasteiger partial charge in [-0.25, -0.2) is 4.39 Å². The number of ether oxygens (including phenoxy) is 1. The van der Waals surface area contributed by atoms with Crippen LogP contribution in [0, 0.1) is 29.0 Å². The number of nitrogens with zero attached hydrogens (tertiary/aromatic N) is 1. The molecule has 2 fully saturated rings. The van der Waals surface area contributed by atoms with E-state index in [0.29, 0.717) is 23.1 Å². The largest absolute Gasteiger partial charge is 0.487 e. The first-order chi connectivity index (χ1) is 11.3. The summed E-state index contributed by atoms with van der Waals surface area (Å²) in [5.74, 6) is 1.04. The zero-order valence-corrected chi connectivity index (χ0v) is 13.8. The molecule has 23 heavy (non-hydrogen) atoms. The van der Waals surface area contributed by atoms with E-state index in [-0.39, 0.29) is 6.10 Å². The van der Waals surface area contributed by atoms with E-state index in [9.17, 15) is 4.39 Å². The van der Waals surface area contributed by atoms with Gasteiger partial charge >= 0.3 is 0 Å². The number of halogens is 1. The smallest absolute Gasteiger partial charge is 0.166 e. The van der Waals surface area contributed by atoms with E-state index < -0.39 is 5.82 Å². The van der Waals surface area contributed by atoms with Gasteiger partial charge in [0.15, 0.2) is 11.6 Å². The van der Waals surface area contributed by atoms with Crippen LogP contribution in [0.15, 0.2) is 18.2 Å². The van der Waals surface area contributed by atoms with Gasteiger partial charge in [0.25, 0.3) is 0 Å². The minimum Gasteiger partial charge on any atom is -0.487 e. The van der Waals surface area contributed by atoms with Crippen LogP contribution in [0.3, 0.4) is 0 Å². The van der Waals surface area contributed by atoms with E-state index in [1.54, 1.807) is 12.1 Å². The molecule has 2 saturated carbocycles. The van der Waals surface area contributed by atoms with Crippen LogP contribution in [0.5, 0.6) is 5.75 Å². The molecule has 0 aliphatic heterocycles. The minimum absolute atomic E-state index is 0.137. The second-order valence-electron chi connectivity index (χ2n) is 7.14. The molecule has 0 amide bonds. The molecule has 0 heterocycles. The van der Waals surface area contributed by atoms with Gasteiger partial charge < -0.3 is 4.74 Å². The quantitative estimate of drug-likeness (QED) is 0.724. The van der Waals surface area contributed by atoms with Crippen molar-refractivity contribution in [2.24, 2.45) is 11.8 Å². The lowest BCUT2D eigenvalue weighted by molar-refractivity contribution is 0.0361. The third kappa shape index (κ3) is 4.05. The van der Waals surface area contributed by atoms with Crippen LogP contribution in [-0.2, 0) is 0 Å². The van der Waals surface area contributed by atoms with Crippen LogP contribution >= 0.6 is 0 Å². The fourth-order valence-electron chi connectivity index (χ4n) is 4.32. The predicted molar refractivity (Wildman–Crippen MR) is 88.7 cm³/mol. The first-order valence-electron chi connectivity index (χ1n) is 9.14. The molecule has 0 atom stereocenters. The summed E-state index contributed by atoms with van der Waals surface area (Å²) in [6.45, 7) is 0. The highest BCUT2D eigenvalue weighted by Crippen LogP contribution is 2.38. The predicted octanol–water partition coefficient (Wildman–Crippen LogP) is 5.61. The first-order valence-corrected chi connectivity index (χ1v) is 9.14.